The molecule has 1 aromatic rings. The van der Waals surface area contributed by atoms with Crippen LogP contribution in [-0.2, 0) is 5.54 Å². The normalized spacial score (nSPS) is 16.0. The number of nitrogen functional groups attached to an aromatic ring is 1. The van der Waals surface area contributed by atoms with Gasteiger partial charge in [-0.1, -0.05) is 0 Å². The minimum atomic E-state index is -0.0381. The van der Waals surface area contributed by atoms with E-state index in [9.17, 15) is 0 Å². The van der Waals surface area contributed by atoms with Crippen LogP contribution < -0.4 is 20.5 Å². The summed E-state index contributed by atoms with van der Waals surface area (Å²) in [5, 5.41) is 3.31. The average molecular weight is 208 g/mol. The van der Waals surface area contributed by atoms with Crippen molar-refractivity contribution in [1.82, 2.24) is 0 Å². The Hall–Kier alpha value is -1.58. The van der Waals surface area contributed by atoms with Crippen molar-refractivity contribution in [3.05, 3.63) is 11.6 Å². The number of methoxy groups -OCH3 is 2. The summed E-state index contributed by atoms with van der Waals surface area (Å²) in [7, 11) is 3.22. The lowest BCUT2D eigenvalue weighted by Gasteiger charge is -2.41. The molecule has 4 nitrogen and oxygen atoms in total. The van der Waals surface area contributed by atoms with Gasteiger partial charge in [0.25, 0.3) is 0 Å². The molecule has 1 aromatic carbocycles. The van der Waals surface area contributed by atoms with Gasteiger partial charge < -0.3 is 20.5 Å². The molecule has 0 aliphatic carbocycles. The minimum Gasteiger partial charge on any atom is -0.494 e. The molecular formula is C11H16N2O2. The number of hydrogen-bond acceptors (Lipinski definition) is 4. The van der Waals surface area contributed by atoms with E-state index >= 15 is 0 Å². The lowest BCUT2D eigenvalue weighted by atomic mass is 9.83. The maximum Gasteiger partial charge on any atom is 0.169 e. The van der Waals surface area contributed by atoms with Crippen molar-refractivity contribution < 1.29 is 9.47 Å². The van der Waals surface area contributed by atoms with Crippen LogP contribution in [-0.4, -0.2) is 14.2 Å². The monoisotopic (exact) mass is 208 g/mol. The van der Waals surface area contributed by atoms with E-state index in [4.69, 9.17) is 15.2 Å². The highest BCUT2D eigenvalue weighted by Crippen LogP contribution is 2.52. The highest BCUT2D eigenvalue weighted by Gasteiger charge is 2.37. The number of anilines is 2. The van der Waals surface area contributed by atoms with E-state index in [0.717, 1.165) is 5.69 Å². The Morgan fingerprint density at radius 2 is 1.93 bits per heavy atom. The third-order valence-corrected chi connectivity index (χ3v) is 2.82. The first-order valence-electron chi connectivity index (χ1n) is 4.84. The van der Waals surface area contributed by atoms with E-state index in [0.29, 0.717) is 17.2 Å². The maximum absolute atomic E-state index is 5.91. The van der Waals surface area contributed by atoms with Gasteiger partial charge in [0.15, 0.2) is 5.75 Å². The summed E-state index contributed by atoms with van der Waals surface area (Å²) in [4.78, 5) is 0. The van der Waals surface area contributed by atoms with Crippen LogP contribution in [0.1, 0.15) is 19.4 Å². The van der Waals surface area contributed by atoms with Crippen molar-refractivity contribution >= 4 is 11.4 Å². The van der Waals surface area contributed by atoms with Crippen LogP contribution in [0.25, 0.3) is 0 Å². The molecule has 0 fully saturated rings. The molecular weight excluding hydrogens is 192 g/mol. The lowest BCUT2D eigenvalue weighted by Crippen LogP contribution is -2.38. The number of nitrogens with two attached hydrogens (primary N) is 1. The van der Waals surface area contributed by atoms with E-state index in [1.165, 1.54) is 5.56 Å². The van der Waals surface area contributed by atoms with Crippen LogP contribution in [0.4, 0.5) is 11.4 Å². The molecule has 0 amide bonds. The van der Waals surface area contributed by atoms with Crippen molar-refractivity contribution in [2.45, 2.75) is 19.4 Å². The lowest BCUT2D eigenvalue weighted by molar-refractivity contribution is 0.390. The zero-order valence-electron chi connectivity index (χ0n) is 9.47. The summed E-state index contributed by atoms with van der Waals surface area (Å²) in [6.45, 7) is 4.20. The van der Waals surface area contributed by atoms with Crippen LogP contribution >= 0.6 is 0 Å². The molecule has 1 aliphatic heterocycles. The Labute approximate surface area is 89.4 Å². The highest BCUT2D eigenvalue weighted by atomic mass is 16.5. The predicted octanol–water partition coefficient (Wildman–Crippen LogP) is 1.95. The first-order valence-corrected chi connectivity index (χ1v) is 4.84. The van der Waals surface area contributed by atoms with Crippen LogP contribution in [0.2, 0.25) is 0 Å². The molecule has 0 bridgehead atoms. The van der Waals surface area contributed by atoms with Gasteiger partial charge >= 0.3 is 0 Å². The third-order valence-electron chi connectivity index (χ3n) is 2.82. The SMILES string of the molecule is COc1cc2c(c(OC)c1N)NC2(C)C. The van der Waals surface area contributed by atoms with Crippen LogP contribution in [0.15, 0.2) is 6.07 Å². The number of nitrogens with one attached hydrogen (secondary N) is 1. The first kappa shape index (κ1) is 9.96. The molecule has 0 saturated carbocycles. The fraction of sp³-hybridized carbons (Fsp3) is 0.455. The van der Waals surface area contributed by atoms with Gasteiger partial charge in [-0.3, -0.25) is 0 Å². The molecule has 0 unspecified atom stereocenters. The molecule has 15 heavy (non-hydrogen) atoms. The summed E-state index contributed by atoms with van der Waals surface area (Å²) in [5.74, 6) is 1.34. The Morgan fingerprint density at radius 3 is 2.40 bits per heavy atom. The van der Waals surface area contributed by atoms with Gasteiger partial charge in [-0.25, -0.2) is 0 Å². The predicted molar refractivity (Wildman–Crippen MR) is 60.6 cm³/mol. The summed E-state index contributed by atoms with van der Waals surface area (Å²) >= 11 is 0. The van der Waals surface area contributed by atoms with Gasteiger partial charge in [0.2, 0.25) is 0 Å². The van der Waals surface area contributed by atoms with Gasteiger partial charge in [-0.05, 0) is 19.9 Å². The quantitative estimate of drug-likeness (QED) is 0.729. The second kappa shape index (κ2) is 2.95. The zero-order chi connectivity index (χ0) is 11.2. The molecule has 82 valence electrons. The van der Waals surface area contributed by atoms with Crippen molar-refractivity contribution in [3.63, 3.8) is 0 Å². The smallest absolute Gasteiger partial charge is 0.169 e. The van der Waals surface area contributed by atoms with Crippen molar-refractivity contribution in [3.8, 4) is 11.5 Å². The minimum absolute atomic E-state index is 0.0381. The Balaban J connectivity index is 2.62. The van der Waals surface area contributed by atoms with Crippen LogP contribution in [0.3, 0.4) is 0 Å². The topological polar surface area (TPSA) is 56.5 Å². The second-order valence-corrected chi connectivity index (χ2v) is 4.20. The van der Waals surface area contributed by atoms with Crippen molar-refractivity contribution in [2.75, 3.05) is 25.3 Å². The Morgan fingerprint density at radius 1 is 1.27 bits per heavy atom. The first-order chi connectivity index (χ1) is 7.01. The van der Waals surface area contributed by atoms with Crippen LogP contribution in [0.5, 0.6) is 11.5 Å². The molecule has 0 radical (unpaired) electrons. The Bertz CT molecular complexity index is 414. The van der Waals surface area contributed by atoms with Gasteiger partial charge in [0.1, 0.15) is 11.4 Å². The molecule has 0 saturated heterocycles. The van der Waals surface area contributed by atoms with E-state index in [1.807, 2.05) is 6.07 Å². The summed E-state index contributed by atoms with van der Waals surface area (Å²) < 4.78 is 10.5. The number of rotatable bonds is 2. The van der Waals surface area contributed by atoms with Crippen molar-refractivity contribution in [2.24, 2.45) is 0 Å². The second-order valence-electron chi connectivity index (χ2n) is 4.20. The van der Waals surface area contributed by atoms with E-state index in [-0.39, 0.29) is 5.54 Å². The number of ether oxygens (including phenoxy) is 2. The standard InChI is InChI=1S/C11H16N2O2/c1-11(2)6-5-7(14-3)8(12)10(15-4)9(6)13-11/h5,13H,12H2,1-4H3. The molecule has 0 spiro atoms. The highest BCUT2D eigenvalue weighted by molar-refractivity contribution is 5.84. The van der Waals surface area contributed by atoms with E-state index < -0.39 is 0 Å². The summed E-state index contributed by atoms with van der Waals surface area (Å²) in [5.41, 5.74) is 8.56. The van der Waals surface area contributed by atoms with E-state index in [1.54, 1.807) is 14.2 Å². The van der Waals surface area contributed by atoms with E-state index in [2.05, 4.69) is 19.2 Å². The third kappa shape index (κ3) is 1.21. The van der Waals surface area contributed by atoms with Gasteiger partial charge in [-0.15, -0.1) is 0 Å². The fourth-order valence-corrected chi connectivity index (χ4v) is 1.97. The summed E-state index contributed by atoms with van der Waals surface area (Å²) in [6, 6.07) is 1.96. The molecule has 1 aliphatic rings. The zero-order valence-corrected chi connectivity index (χ0v) is 9.47. The number of hydrogen-bond donors (Lipinski definition) is 2. The molecule has 4 heteroatoms. The van der Waals surface area contributed by atoms with Crippen molar-refractivity contribution in [1.29, 1.82) is 0 Å². The van der Waals surface area contributed by atoms with Crippen LogP contribution in [0, 0.1) is 0 Å². The maximum atomic E-state index is 5.91. The average Bonchev–Trinajstić information content (AvgIpc) is 2.17. The molecule has 0 atom stereocenters. The molecule has 1 heterocycles. The molecule has 3 N–H and O–H groups in total. The van der Waals surface area contributed by atoms with Gasteiger partial charge in [0, 0.05) is 5.56 Å². The number of fused-ring (bicyclic) bond motifs is 1. The molecule has 0 aromatic heterocycles. The Kier molecular flexibility index (Phi) is 1.96. The van der Waals surface area contributed by atoms with Gasteiger partial charge in [0.05, 0.1) is 25.4 Å². The molecule has 2 rings (SSSR count). The number of benzene rings is 1. The summed E-state index contributed by atoms with van der Waals surface area (Å²) in [6.07, 6.45) is 0. The largest absolute Gasteiger partial charge is 0.494 e. The van der Waals surface area contributed by atoms with Gasteiger partial charge in [-0.2, -0.15) is 0 Å². The fourth-order valence-electron chi connectivity index (χ4n) is 1.97.